The van der Waals surface area contributed by atoms with Crippen molar-refractivity contribution in [2.24, 2.45) is 23.3 Å². The zero-order valence-electron chi connectivity index (χ0n) is 10.5. The number of nitrogens with two attached hydrogens (primary N) is 2. The number of hydrogen-bond donors (Lipinski definition) is 2. The van der Waals surface area contributed by atoms with Crippen LogP contribution in [0.15, 0.2) is 0 Å². The molecular weight excluding hydrogens is 275 g/mol. The van der Waals surface area contributed by atoms with Crippen LogP contribution >= 0.6 is 24.8 Å². The molecule has 4 N–H and O–H groups in total. The summed E-state index contributed by atoms with van der Waals surface area (Å²) in [6.07, 6.45) is 5.92. The van der Waals surface area contributed by atoms with Gasteiger partial charge >= 0.3 is 0 Å². The number of ether oxygens (including phenoxy) is 2. The summed E-state index contributed by atoms with van der Waals surface area (Å²) in [4.78, 5) is 0. The van der Waals surface area contributed by atoms with Crippen LogP contribution in [0.4, 0.5) is 0 Å². The molecule has 2 saturated heterocycles. The molecule has 0 bridgehead atoms. The first-order valence-corrected chi connectivity index (χ1v) is 6.53. The van der Waals surface area contributed by atoms with Crippen molar-refractivity contribution in [2.45, 2.75) is 50.0 Å². The molecule has 0 aromatic rings. The van der Waals surface area contributed by atoms with Gasteiger partial charge in [-0.05, 0) is 25.7 Å². The standard InChI is InChI=1S/2C6H11NO.2ClH/c2*7-5-4-2-1-3-8-6(4)5;;/h2*4-6H,1-3,7H2;2*1H/t2*4-,5-,6-;;/m10../s1. The third-order valence-corrected chi connectivity index (χ3v) is 4.29. The van der Waals surface area contributed by atoms with Crippen LogP contribution in [0.2, 0.25) is 0 Å². The van der Waals surface area contributed by atoms with E-state index in [9.17, 15) is 0 Å². The minimum absolute atomic E-state index is 0. The fourth-order valence-corrected chi connectivity index (χ4v) is 2.99. The van der Waals surface area contributed by atoms with E-state index in [4.69, 9.17) is 20.9 Å². The van der Waals surface area contributed by atoms with Crippen LogP contribution in [0.1, 0.15) is 25.7 Å². The summed E-state index contributed by atoms with van der Waals surface area (Å²) in [7, 11) is 0. The van der Waals surface area contributed by atoms with Crippen molar-refractivity contribution in [1.82, 2.24) is 0 Å². The summed E-state index contributed by atoms with van der Waals surface area (Å²) in [6.45, 7) is 1.88. The number of halogens is 2. The lowest BCUT2D eigenvalue weighted by atomic mass is 10.2. The summed E-state index contributed by atoms with van der Waals surface area (Å²) < 4.78 is 10.7. The van der Waals surface area contributed by atoms with E-state index in [1.54, 1.807) is 0 Å². The lowest BCUT2D eigenvalue weighted by Gasteiger charge is -2.06. The summed E-state index contributed by atoms with van der Waals surface area (Å²) in [5.74, 6) is 1.45. The molecule has 2 aliphatic heterocycles. The second-order valence-corrected chi connectivity index (χ2v) is 5.44. The first kappa shape index (κ1) is 16.5. The highest BCUT2D eigenvalue weighted by Gasteiger charge is 2.50. The molecule has 4 fully saturated rings. The molecule has 6 heteroatoms. The van der Waals surface area contributed by atoms with Gasteiger partial charge in [-0.3, -0.25) is 0 Å². The van der Waals surface area contributed by atoms with Gasteiger partial charge in [-0.25, -0.2) is 0 Å². The van der Waals surface area contributed by atoms with Crippen molar-refractivity contribution >= 4 is 24.8 Å². The minimum atomic E-state index is 0. The van der Waals surface area contributed by atoms with Crippen molar-refractivity contribution in [2.75, 3.05) is 13.2 Å². The molecular formula is C12H24Cl2N2O2. The molecule has 2 aliphatic carbocycles. The van der Waals surface area contributed by atoms with Gasteiger partial charge in [0.1, 0.15) is 0 Å². The SMILES string of the molecule is Cl.Cl.N[C@@H]1[C@H]2CCCO[C@@H]12.N[C@H]1[C@@H]2CCCO[C@H]12. The molecule has 0 spiro atoms. The van der Waals surface area contributed by atoms with Crippen LogP contribution in [0, 0.1) is 11.8 Å². The molecule has 2 saturated carbocycles. The molecule has 0 aromatic carbocycles. The second kappa shape index (κ2) is 6.73. The van der Waals surface area contributed by atoms with Gasteiger partial charge in [-0.2, -0.15) is 0 Å². The Bertz CT molecular complexity index is 220. The quantitative estimate of drug-likeness (QED) is 0.702. The predicted octanol–water partition coefficient (Wildman–Crippen LogP) is 1.09. The highest BCUT2D eigenvalue weighted by atomic mass is 35.5. The van der Waals surface area contributed by atoms with Crippen LogP contribution in [0.25, 0.3) is 0 Å². The van der Waals surface area contributed by atoms with Crippen LogP contribution in [-0.2, 0) is 9.47 Å². The van der Waals surface area contributed by atoms with E-state index in [1.807, 2.05) is 0 Å². The molecule has 0 aromatic heterocycles. The fourth-order valence-electron chi connectivity index (χ4n) is 2.99. The normalized spacial score (nSPS) is 47.0. The largest absolute Gasteiger partial charge is 0.376 e. The van der Waals surface area contributed by atoms with Crippen LogP contribution in [0.3, 0.4) is 0 Å². The molecule has 18 heavy (non-hydrogen) atoms. The third kappa shape index (κ3) is 3.30. The summed E-state index contributed by atoms with van der Waals surface area (Å²) in [5.41, 5.74) is 11.3. The Balaban J connectivity index is 0.000000162. The molecule has 6 atom stereocenters. The van der Waals surface area contributed by atoms with Crippen molar-refractivity contribution in [3.63, 3.8) is 0 Å². The lowest BCUT2D eigenvalue weighted by molar-refractivity contribution is 0.0782. The zero-order chi connectivity index (χ0) is 11.1. The molecule has 4 rings (SSSR count). The summed E-state index contributed by atoms with van der Waals surface area (Å²) in [6, 6.07) is 0.773. The minimum Gasteiger partial charge on any atom is -0.376 e. The maximum absolute atomic E-state index is 5.65. The van der Waals surface area contributed by atoms with Crippen molar-refractivity contribution in [1.29, 1.82) is 0 Å². The zero-order valence-corrected chi connectivity index (χ0v) is 12.1. The van der Waals surface area contributed by atoms with E-state index in [0.29, 0.717) is 24.3 Å². The molecule has 0 radical (unpaired) electrons. The van der Waals surface area contributed by atoms with Gasteiger partial charge in [0, 0.05) is 37.1 Å². The Hall–Kier alpha value is 0.420. The van der Waals surface area contributed by atoms with E-state index in [0.717, 1.165) is 25.0 Å². The Labute approximate surface area is 121 Å². The van der Waals surface area contributed by atoms with E-state index < -0.39 is 0 Å². The molecule has 108 valence electrons. The van der Waals surface area contributed by atoms with Crippen LogP contribution < -0.4 is 11.5 Å². The van der Waals surface area contributed by atoms with Gasteiger partial charge in [-0.1, -0.05) is 0 Å². The molecule has 4 aliphatic rings. The summed E-state index contributed by atoms with van der Waals surface area (Å²) in [5, 5.41) is 0. The van der Waals surface area contributed by atoms with Gasteiger partial charge in [0.15, 0.2) is 0 Å². The molecule has 0 unspecified atom stereocenters. The van der Waals surface area contributed by atoms with Crippen molar-refractivity contribution in [3.8, 4) is 0 Å². The van der Waals surface area contributed by atoms with Crippen molar-refractivity contribution < 1.29 is 9.47 Å². The molecule has 0 amide bonds. The number of hydrogen-bond acceptors (Lipinski definition) is 4. The van der Waals surface area contributed by atoms with Gasteiger partial charge in [0.05, 0.1) is 12.2 Å². The predicted molar refractivity (Wildman–Crippen MR) is 75.4 cm³/mol. The second-order valence-electron chi connectivity index (χ2n) is 5.44. The van der Waals surface area contributed by atoms with Crippen LogP contribution in [0.5, 0.6) is 0 Å². The fraction of sp³-hybridized carbons (Fsp3) is 1.00. The van der Waals surface area contributed by atoms with Crippen LogP contribution in [-0.4, -0.2) is 37.5 Å². The highest BCUT2D eigenvalue weighted by Crippen LogP contribution is 2.40. The maximum Gasteiger partial charge on any atom is 0.0773 e. The third-order valence-electron chi connectivity index (χ3n) is 4.29. The van der Waals surface area contributed by atoms with Gasteiger partial charge in [0.2, 0.25) is 0 Å². The molecule has 4 nitrogen and oxygen atoms in total. The lowest BCUT2D eigenvalue weighted by Crippen LogP contribution is -2.08. The first-order valence-electron chi connectivity index (χ1n) is 6.53. The Morgan fingerprint density at radius 2 is 1.11 bits per heavy atom. The highest BCUT2D eigenvalue weighted by molar-refractivity contribution is 5.85. The Morgan fingerprint density at radius 3 is 1.33 bits per heavy atom. The maximum atomic E-state index is 5.65. The smallest absolute Gasteiger partial charge is 0.0773 e. The average Bonchev–Trinajstić information content (AvgIpc) is 3.21. The van der Waals surface area contributed by atoms with Gasteiger partial charge < -0.3 is 20.9 Å². The van der Waals surface area contributed by atoms with E-state index in [2.05, 4.69) is 0 Å². The average molecular weight is 299 g/mol. The monoisotopic (exact) mass is 298 g/mol. The Kier molecular flexibility index (Phi) is 6.16. The topological polar surface area (TPSA) is 70.5 Å². The number of fused-ring (bicyclic) bond motifs is 2. The van der Waals surface area contributed by atoms with E-state index in [1.165, 1.54) is 25.7 Å². The van der Waals surface area contributed by atoms with Gasteiger partial charge in [-0.15, -0.1) is 24.8 Å². The number of rotatable bonds is 0. The molecule has 2 heterocycles. The van der Waals surface area contributed by atoms with Crippen molar-refractivity contribution in [3.05, 3.63) is 0 Å². The van der Waals surface area contributed by atoms with E-state index >= 15 is 0 Å². The van der Waals surface area contributed by atoms with E-state index in [-0.39, 0.29) is 24.8 Å². The Morgan fingerprint density at radius 1 is 0.722 bits per heavy atom. The van der Waals surface area contributed by atoms with Gasteiger partial charge in [0.25, 0.3) is 0 Å². The first-order chi connectivity index (χ1) is 7.79. The summed E-state index contributed by atoms with van der Waals surface area (Å²) >= 11 is 0.